The number of carbonyl (C=O) groups excluding carboxylic acids is 2. The van der Waals surface area contributed by atoms with E-state index in [0.29, 0.717) is 5.56 Å². The number of anilines is 2. The van der Waals surface area contributed by atoms with E-state index in [0.717, 1.165) is 0 Å². The van der Waals surface area contributed by atoms with Crippen molar-refractivity contribution in [1.29, 1.82) is 15.8 Å². The monoisotopic (exact) mass is 1280 g/mol. The van der Waals surface area contributed by atoms with Crippen LogP contribution in [0.3, 0.4) is 0 Å². The zero-order chi connectivity index (χ0) is 56.9. The van der Waals surface area contributed by atoms with Gasteiger partial charge in [0.05, 0.1) is 83.2 Å². The van der Waals surface area contributed by atoms with Crippen LogP contribution in [0.5, 0.6) is 0 Å². The molecule has 3 aliphatic heterocycles. The average molecular weight is 1280 g/mol. The van der Waals surface area contributed by atoms with E-state index in [4.69, 9.17) is 57.6 Å². The van der Waals surface area contributed by atoms with Gasteiger partial charge < -0.3 is 33.0 Å². The first-order valence-corrected chi connectivity index (χ1v) is 33.3. The molecule has 2 amide bonds. The summed E-state index contributed by atoms with van der Waals surface area (Å²) in [7, 11) is -7.76. The van der Waals surface area contributed by atoms with Crippen molar-refractivity contribution in [3.8, 4) is 18.2 Å². The zero-order valence-electron chi connectivity index (χ0n) is 44.0. The van der Waals surface area contributed by atoms with Gasteiger partial charge in [0.2, 0.25) is 11.9 Å². The average Bonchev–Trinajstić information content (AvgIpc) is 4.39. The summed E-state index contributed by atoms with van der Waals surface area (Å²) in [5.41, 5.74) is -1.22. The second-order valence-electron chi connectivity index (χ2n) is 20.1. The number of amides is 2. The number of nitrogens with one attached hydrogen (secondary N) is 3. The lowest BCUT2D eigenvalue weighted by Gasteiger charge is -2.41. The second kappa shape index (κ2) is 25.0. The third kappa shape index (κ3) is 13.2. The van der Waals surface area contributed by atoms with Gasteiger partial charge in [-0.25, -0.2) is 24.5 Å². The number of H-pyrrole nitrogens is 1. The number of phosphoric acid groups is 1. The molecule has 79 heavy (non-hydrogen) atoms. The van der Waals surface area contributed by atoms with E-state index in [1.54, 1.807) is 48.7 Å². The number of phosphoric ester groups is 1. The molecule has 0 spiro atoms. The number of carbonyl (C=O) groups is 2. The van der Waals surface area contributed by atoms with Crippen molar-refractivity contribution in [2.24, 2.45) is 5.92 Å². The summed E-state index contributed by atoms with van der Waals surface area (Å²) >= 11 is 8.09. The predicted octanol–water partition coefficient (Wildman–Crippen LogP) is 7.11. The lowest BCUT2D eigenvalue weighted by molar-refractivity contribution is -0.161. The third-order valence-electron chi connectivity index (χ3n) is 13.4. The number of alkyl halides is 1. The molecular weight excluding hydrogens is 1220 g/mol. The van der Waals surface area contributed by atoms with Crippen LogP contribution in [0.1, 0.15) is 76.7 Å². The van der Waals surface area contributed by atoms with Gasteiger partial charge in [-0.15, -0.1) is 0 Å². The molecule has 3 aliphatic rings. The molecule has 1 aromatic carbocycles. The highest BCUT2D eigenvalue weighted by Crippen LogP contribution is 2.60. The van der Waals surface area contributed by atoms with Gasteiger partial charge in [0.25, 0.3) is 11.5 Å². The number of aromatic amines is 1. The summed E-state index contributed by atoms with van der Waals surface area (Å²) in [6, 6.07) is 14.6. The van der Waals surface area contributed by atoms with Gasteiger partial charge in [0.1, 0.15) is 42.4 Å². The van der Waals surface area contributed by atoms with Crippen molar-refractivity contribution < 1.29 is 59.9 Å². The highest BCUT2D eigenvalue weighted by Gasteiger charge is 2.65. The molecule has 0 saturated carbocycles. The van der Waals surface area contributed by atoms with Gasteiger partial charge in [-0.3, -0.25) is 51.9 Å². The molecule has 27 nitrogen and oxygen atoms in total. The van der Waals surface area contributed by atoms with Crippen molar-refractivity contribution in [2.45, 2.75) is 121 Å². The van der Waals surface area contributed by atoms with Gasteiger partial charge in [-0.05, 0) is 42.1 Å². The Hall–Kier alpha value is -5.04. The number of hydrogen-bond donors (Lipinski definition) is 3. The van der Waals surface area contributed by atoms with Crippen LogP contribution >= 0.6 is 37.1 Å². The molecular formula is C47H58IN13O14P2SSi. The largest absolute Gasteiger partial charge is 0.475 e. The summed E-state index contributed by atoms with van der Waals surface area (Å²) in [6.45, 7) is 7.93. The standard InChI is InChI=1S/C47H58IN13O14P2SSi/c1-28(2)40(62)58-45-57-39-32(42(64)59-45)55-27-61(39)43-34(73-77(78,68-20-12-17-50)69-21-13-18-51)33(75-79(6,7)46(3,4)5)30(71-43)22-70-76(65,67-19-11-16-49)74-36-35-44(72-47(36,23-48)24-66-35)60-26-54-31-37(52-25-53-38(31)60)56-41(63)29-14-9-8-10-15-29/h8-10,14-15,25-28,30,33-36,43-44H,11-13,19-24H2,1-7H3,(H,52,53,56,63)(H2,57,58,59,62,64)/t30-,33-,34-,35-,36+,43-,44-,47+,76?/m1/s1. The molecule has 0 radical (unpaired) electrons. The maximum atomic E-state index is 15.4. The number of nitriles is 3. The topological polar surface area (TPSA) is 346 Å². The lowest BCUT2D eigenvalue weighted by Crippen LogP contribution is -2.50. The van der Waals surface area contributed by atoms with Gasteiger partial charge in [0.15, 0.2) is 48.9 Å². The van der Waals surface area contributed by atoms with E-state index in [1.165, 1.54) is 23.5 Å². The van der Waals surface area contributed by atoms with Crippen LogP contribution in [-0.4, -0.2) is 133 Å². The second-order valence-corrected chi connectivity index (χ2v) is 30.3. The number of ether oxygens (including phenoxy) is 3. The Morgan fingerprint density at radius 1 is 0.911 bits per heavy atom. The normalized spacial score (nSPS) is 23.8. The van der Waals surface area contributed by atoms with Crippen LogP contribution in [0.2, 0.25) is 18.1 Å². The molecule has 8 rings (SSSR count). The summed E-state index contributed by atoms with van der Waals surface area (Å²) in [5.74, 6) is -1.38. The van der Waals surface area contributed by atoms with E-state index in [-0.39, 0.29) is 77.6 Å². The van der Waals surface area contributed by atoms with E-state index in [1.807, 2.05) is 52.1 Å². The van der Waals surface area contributed by atoms with Crippen LogP contribution in [0.25, 0.3) is 22.3 Å². The highest BCUT2D eigenvalue weighted by molar-refractivity contribution is 14.1. The van der Waals surface area contributed by atoms with Crippen LogP contribution in [0.15, 0.2) is 54.1 Å². The first-order valence-electron chi connectivity index (χ1n) is 24.9. The van der Waals surface area contributed by atoms with Crippen LogP contribution < -0.4 is 16.2 Å². The van der Waals surface area contributed by atoms with Crippen LogP contribution in [0.4, 0.5) is 11.8 Å². The van der Waals surface area contributed by atoms with E-state index in [9.17, 15) is 30.2 Å². The molecule has 3 saturated heterocycles. The molecule has 4 aromatic heterocycles. The van der Waals surface area contributed by atoms with Crippen molar-refractivity contribution in [3.63, 3.8) is 0 Å². The van der Waals surface area contributed by atoms with Crippen molar-refractivity contribution in [2.75, 3.05) is 48.1 Å². The number of benzene rings is 1. The highest BCUT2D eigenvalue weighted by atomic mass is 127. The van der Waals surface area contributed by atoms with E-state index >= 15 is 4.57 Å². The molecule has 32 heteroatoms. The van der Waals surface area contributed by atoms with Crippen molar-refractivity contribution in [1.82, 2.24) is 39.0 Å². The maximum absolute atomic E-state index is 15.4. The lowest BCUT2D eigenvalue weighted by atomic mass is 10.0. The van der Waals surface area contributed by atoms with E-state index < -0.39 is 113 Å². The molecule has 0 aliphatic carbocycles. The molecule has 9 atom stereocenters. The van der Waals surface area contributed by atoms with Crippen molar-refractivity contribution >= 4 is 103 Å². The Morgan fingerprint density at radius 3 is 2.19 bits per heavy atom. The number of hydrogen-bond acceptors (Lipinski definition) is 23. The number of aromatic nitrogens is 8. The third-order valence-corrected chi connectivity index (χ3v) is 23.0. The first kappa shape index (κ1) is 60.1. The predicted molar refractivity (Wildman–Crippen MR) is 295 cm³/mol. The Labute approximate surface area is 473 Å². The summed E-state index contributed by atoms with van der Waals surface area (Å²) < 4.78 is 83.2. The smallest absolute Gasteiger partial charge is 0.408 e. The van der Waals surface area contributed by atoms with Gasteiger partial charge in [0, 0.05) is 15.9 Å². The summed E-state index contributed by atoms with van der Waals surface area (Å²) in [6.07, 6.45) is -4.72. The minimum Gasteiger partial charge on any atom is -0.408 e. The zero-order valence-corrected chi connectivity index (χ0v) is 49.7. The molecule has 422 valence electrons. The number of imidazole rings is 2. The quantitative estimate of drug-likeness (QED) is 0.0172. The number of nitrogens with zero attached hydrogens (tertiary/aromatic N) is 10. The SMILES string of the molecule is CC(C)C(=O)Nc1nc2c(ncn2[C@@H]2O[C@H](COP(=O)(OCCC#N)O[C@H]3[C@H]4OC[C@]3(CI)O[C@H]4n3cnc4c(NC(=O)c5ccccc5)ncnc43)[C@@H](O[Si](C)(C)C(C)(C)C)[C@H]2OP(=S)(OCCC#N)OCCC#N)c(=O)[nH]1. The van der Waals surface area contributed by atoms with Gasteiger partial charge in [-0.1, -0.05) is 75.4 Å². The minimum absolute atomic E-state index is 0.00619. The Bertz CT molecular complexity index is 3310. The molecule has 3 fully saturated rings. The molecule has 5 aromatic rings. The number of fused-ring (bicyclic) bond motifs is 4. The molecule has 1 unspecified atom stereocenters. The van der Waals surface area contributed by atoms with Crippen LogP contribution in [0, 0.1) is 39.9 Å². The van der Waals surface area contributed by atoms with Gasteiger partial charge >= 0.3 is 14.5 Å². The summed E-state index contributed by atoms with van der Waals surface area (Å²) in [5, 5.41) is 33.4. The molecule has 7 heterocycles. The summed E-state index contributed by atoms with van der Waals surface area (Å²) in [4.78, 5) is 64.3. The molecule has 2 bridgehead atoms. The maximum Gasteiger partial charge on any atom is 0.475 e. The number of rotatable bonds is 25. The Kier molecular flexibility index (Phi) is 19.0. The first-order chi connectivity index (χ1) is 37.6. The van der Waals surface area contributed by atoms with Crippen molar-refractivity contribution in [3.05, 3.63) is 65.2 Å². The van der Waals surface area contributed by atoms with Crippen LogP contribution in [-0.2, 0) is 66.9 Å². The fourth-order valence-corrected chi connectivity index (χ4v) is 14.0. The Morgan fingerprint density at radius 2 is 1.56 bits per heavy atom. The Balaban J connectivity index is 1.15. The van der Waals surface area contributed by atoms with Gasteiger partial charge in [-0.2, -0.15) is 20.8 Å². The minimum atomic E-state index is -4.83. The fourth-order valence-electron chi connectivity index (χ4n) is 8.29. The molecule has 3 N–H and O–H groups in total. The van der Waals surface area contributed by atoms with E-state index in [2.05, 4.69) is 63.1 Å². The fraction of sp³-hybridized carbons (Fsp3) is 0.553. The number of halogens is 1.